The van der Waals surface area contributed by atoms with Gasteiger partial charge >= 0.3 is 0 Å². The Labute approximate surface area is 107 Å². The largest absolute Gasteiger partial charge is 0.409 e. The first-order valence-electron chi connectivity index (χ1n) is 6.35. The Morgan fingerprint density at radius 1 is 1.50 bits per heavy atom. The van der Waals surface area contributed by atoms with Gasteiger partial charge in [-0.25, -0.2) is 0 Å². The van der Waals surface area contributed by atoms with Gasteiger partial charge in [-0.05, 0) is 39.5 Å². The van der Waals surface area contributed by atoms with Crippen molar-refractivity contribution in [2.24, 2.45) is 16.3 Å². The molecule has 0 aliphatic heterocycles. The van der Waals surface area contributed by atoms with E-state index in [1.807, 2.05) is 0 Å². The molecule has 1 fully saturated rings. The molecule has 1 aliphatic carbocycles. The molecule has 0 bridgehead atoms. The van der Waals surface area contributed by atoms with Crippen molar-refractivity contribution in [2.75, 3.05) is 13.2 Å². The third-order valence-corrected chi connectivity index (χ3v) is 3.62. The van der Waals surface area contributed by atoms with E-state index in [4.69, 9.17) is 16.0 Å². The number of carbonyl (C=O) groups is 1. The normalized spacial score (nSPS) is 17.4. The molecule has 0 atom stereocenters. The van der Waals surface area contributed by atoms with Crippen molar-refractivity contribution in [3.63, 3.8) is 0 Å². The summed E-state index contributed by atoms with van der Waals surface area (Å²) in [4.78, 5) is 14.2. The van der Waals surface area contributed by atoms with Crippen molar-refractivity contribution in [3.05, 3.63) is 0 Å². The van der Waals surface area contributed by atoms with Crippen molar-refractivity contribution in [1.29, 1.82) is 0 Å². The van der Waals surface area contributed by atoms with E-state index in [0.717, 1.165) is 19.3 Å². The highest BCUT2D eigenvalue weighted by Gasteiger charge is 2.40. The van der Waals surface area contributed by atoms with Gasteiger partial charge in [0.1, 0.15) is 5.41 Å². The zero-order valence-corrected chi connectivity index (χ0v) is 11.1. The van der Waals surface area contributed by atoms with Crippen LogP contribution < -0.4 is 5.73 Å². The molecule has 0 heterocycles. The summed E-state index contributed by atoms with van der Waals surface area (Å²) in [5, 5.41) is 20.6. The van der Waals surface area contributed by atoms with Crippen LogP contribution in [0.2, 0.25) is 0 Å². The van der Waals surface area contributed by atoms with Crippen LogP contribution in [0.3, 0.4) is 0 Å². The minimum absolute atomic E-state index is 0.0561. The van der Waals surface area contributed by atoms with E-state index in [0.29, 0.717) is 13.0 Å². The van der Waals surface area contributed by atoms with Crippen LogP contribution >= 0.6 is 0 Å². The lowest BCUT2D eigenvalue weighted by molar-refractivity contribution is -0.141. The molecule has 1 aliphatic rings. The zero-order valence-electron chi connectivity index (χ0n) is 11.1. The molecule has 0 aromatic heterocycles. The van der Waals surface area contributed by atoms with Crippen molar-refractivity contribution >= 4 is 11.7 Å². The monoisotopic (exact) mass is 257 g/mol. The van der Waals surface area contributed by atoms with Crippen LogP contribution in [-0.4, -0.2) is 46.1 Å². The molecule has 6 heteroatoms. The van der Waals surface area contributed by atoms with Gasteiger partial charge in [-0.3, -0.25) is 4.79 Å². The smallest absolute Gasteiger partial charge is 0.236 e. The van der Waals surface area contributed by atoms with Crippen molar-refractivity contribution in [2.45, 2.75) is 45.6 Å². The fourth-order valence-electron chi connectivity index (χ4n) is 1.98. The molecule has 1 saturated carbocycles. The van der Waals surface area contributed by atoms with E-state index in [2.05, 4.69) is 5.16 Å². The number of hydrogen-bond donors (Lipinski definition) is 3. The predicted molar refractivity (Wildman–Crippen MR) is 68.2 cm³/mol. The molecule has 0 aromatic rings. The number of carbonyl (C=O) groups excluding carboxylic acids is 1. The van der Waals surface area contributed by atoms with Gasteiger partial charge in [-0.15, -0.1) is 0 Å². The van der Waals surface area contributed by atoms with Gasteiger partial charge in [-0.2, -0.15) is 0 Å². The Kier molecular flexibility index (Phi) is 4.95. The van der Waals surface area contributed by atoms with E-state index in [9.17, 15) is 4.79 Å². The van der Waals surface area contributed by atoms with Crippen LogP contribution in [0.4, 0.5) is 0 Å². The maximum absolute atomic E-state index is 12.5. The fraction of sp³-hybridized carbons (Fsp3) is 0.833. The Balaban J connectivity index is 2.80. The fourth-order valence-corrected chi connectivity index (χ4v) is 1.98. The number of oxime groups is 1. The summed E-state index contributed by atoms with van der Waals surface area (Å²) < 4.78 is 0. The topological polar surface area (TPSA) is 99.2 Å². The average Bonchev–Trinajstić information content (AvgIpc) is 2.29. The Bertz CT molecular complexity index is 325. The van der Waals surface area contributed by atoms with Crippen LogP contribution in [0.5, 0.6) is 0 Å². The summed E-state index contributed by atoms with van der Waals surface area (Å²) in [6.07, 6.45) is 3.65. The number of aliphatic hydroxyl groups excluding tert-OH is 1. The molecule has 18 heavy (non-hydrogen) atoms. The Morgan fingerprint density at radius 2 is 2.11 bits per heavy atom. The molecule has 1 rings (SSSR count). The average molecular weight is 257 g/mol. The maximum atomic E-state index is 12.5. The first-order chi connectivity index (χ1) is 8.45. The predicted octanol–water partition coefficient (Wildman–Crippen LogP) is 0.523. The molecule has 0 unspecified atom stereocenters. The molecule has 0 saturated heterocycles. The second kappa shape index (κ2) is 6.04. The van der Waals surface area contributed by atoms with E-state index in [-0.39, 0.29) is 24.4 Å². The van der Waals surface area contributed by atoms with Crippen molar-refractivity contribution < 1.29 is 15.1 Å². The minimum Gasteiger partial charge on any atom is -0.409 e. The Hall–Kier alpha value is -1.30. The number of amides is 1. The highest BCUT2D eigenvalue weighted by molar-refractivity contribution is 6.06. The lowest BCUT2D eigenvalue weighted by atomic mass is 9.85. The lowest BCUT2D eigenvalue weighted by Crippen LogP contribution is -2.53. The number of hydrogen-bond acceptors (Lipinski definition) is 4. The summed E-state index contributed by atoms with van der Waals surface area (Å²) in [6, 6.07) is 0.231. The number of nitrogens with two attached hydrogens (primary N) is 1. The molecule has 0 radical (unpaired) electrons. The van der Waals surface area contributed by atoms with E-state index in [1.54, 1.807) is 18.7 Å². The molecular weight excluding hydrogens is 234 g/mol. The molecule has 1 amide bonds. The summed E-state index contributed by atoms with van der Waals surface area (Å²) >= 11 is 0. The van der Waals surface area contributed by atoms with Gasteiger partial charge in [0.2, 0.25) is 5.91 Å². The van der Waals surface area contributed by atoms with Gasteiger partial charge in [0.25, 0.3) is 0 Å². The van der Waals surface area contributed by atoms with E-state index < -0.39 is 5.41 Å². The van der Waals surface area contributed by atoms with Crippen LogP contribution in [0.1, 0.15) is 39.5 Å². The molecule has 0 spiro atoms. The van der Waals surface area contributed by atoms with Gasteiger partial charge in [0.05, 0.1) is 0 Å². The SMILES string of the molecule is CC(C)(C(=O)N(CCCO)C1CCC1)C(N)=NO. The summed E-state index contributed by atoms with van der Waals surface area (Å²) in [5.41, 5.74) is 4.57. The summed E-state index contributed by atoms with van der Waals surface area (Å²) in [5.74, 6) is -0.225. The third kappa shape index (κ3) is 2.93. The van der Waals surface area contributed by atoms with E-state index >= 15 is 0 Å². The van der Waals surface area contributed by atoms with Gasteiger partial charge in [0.15, 0.2) is 5.84 Å². The Morgan fingerprint density at radius 3 is 2.50 bits per heavy atom. The maximum Gasteiger partial charge on any atom is 0.236 e. The second-order valence-electron chi connectivity index (χ2n) is 5.27. The number of nitrogens with zero attached hydrogens (tertiary/aromatic N) is 2. The summed E-state index contributed by atoms with van der Waals surface area (Å²) in [7, 11) is 0. The van der Waals surface area contributed by atoms with Crippen LogP contribution in [-0.2, 0) is 4.79 Å². The van der Waals surface area contributed by atoms with Crippen LogP contribution in [0.25, 0.3) is 0 Å². The first kappa shape index (κ1) is 14.8. The minimum atomic E-state index is -1.01. The van der Waals surface area contributed by atoms with Gasteiger partial charge in [0, 0.05) is 19.2 Å². The quantitative estimate of drug-likeness (QED) is 0.279. The highest BCUT2D eigenvalue weighted by atomic mass is 16.4. The van der Waals surface area contributed by atoms with Gasteiger partial charge < -0.3 is 20.9 Å². The number of rotatable bonds is 6. The third-order valence-electron chi connectivity index (χ3n) is 3.62. The molecule has 4 N–H and O–H groups in total. The first-order valence-corrected chi connectivity index (χ1v) is 6.35. The van der Waals surface area contributed by atoms with Crippen LogP contribution in [0.15, 0.2) is 5.16 Å². The standard InChI is InChI=1S/C12H23N3O3/c1-12(2,10(13)14-18)11(17)15(7-4-8-16)9-5-3-6-9/h9,16,18H,3-8H2,1-2H3,(H2,13,14). The zero-order chi connectivity index (χ0) is 13.8. The van der Waals surface area contributed by atoms with Gasteiger partial charge in [-0.1, -0.05) is 5.16 Å². The highest BCUT2D eigenvalue weighted by Crippen LogP contribution is 2.29. The van der Waals surface area contributed by atoms with Crippen LogP contribution in [0, 0.1) is 5.41 Å². The van der Waals surface area contributed by atoms with E-state index in [1.165, 1.54) is 0 Å². The molecule has 6 nitrogen and oxygen atoms in total. The molecular formula is C12H23N3O3. The molecule has 104 valence electrons. The second-order valence-corrected chi connectivity index (χ2v) is 5.27. The summed E-state index contributed by atoms with van der Waals surface area (Å²) in [6.45, 7) is 3.87. The number of aliphatic hydroxyl groups is 1. The van der Waals surface area contributed by atoms with Crippen molar-refractivity contribution in [1.82, 2.24) is 4.90 Å². The lowest BCUT2D eigenvalue weighted by Gasteiger charge is -2.41. The number of amidine groups is 1. The molecule has 0 aromatic carbocycles. The van der Waals surface area contributed by atoms with Crippen molar-refractivity contribution in [3.8, 4) is 0 Å².